The summed E-state index contributed by atoms with van der Waals surface area (Å²) in [5, 5.41) is 4.78. The Kier molecular flexibility index (Phi) is 6.94. The molecule has 136 valence electrons. The van der Waals surface area contributed by atoms with Crippen molar-refractivity contribution < 1.29 is 24.0 Å². The van der Waals surface area contributed by atoms with Crippen LogP contribution in [0.5, 0.6) is 0 Å². The van der Waals surface area contributed by atoms with Crippen molar-refractivity contribution in [3.8, 4) is 0 Å². The minimum absolute atomic E-state index is 0.109. The van der Waals surface area contributed by atoms with Gasteiger partial charge in [-0.2, -0.15) is 0 Å². The van der Waals surface area contributed by atoms with Gasteiger partial charge in [0.2, 0.25) is 0 Å². The van der Waals surface area contributed by atoms with Crippen molar-refractivity contribution in [2.24, 2.45) is 5.92 Å². The molecule has 7 heteroatoms. The predicted octanol–water partition coefficient (Wildman–Crippen LogP) is 0.0413. The Hall–Kier alpha value is -2.41. The third-order valence-electron chi connectivity index (χ3n) is 4.51. The number of hydrogen-bond donors (Lipinski definition) is 3. The second kappa shape index (κ2) is 9.17. The average molecular weight is 348 g/mol. The maximum Gasteiger partial charge on any atom is 0.321 e. The molecule has 0 spiro atoms. The second-order valence-corrected chi connectivity index (χ2v) is 6.10. The number of carbonyl (C=O) groups excluding carboxylic acids is 3. The first kappa shape index (κ1) is 18.9. The van der Waals surface area contributed by atoms with Crippen LogP contribution in [-0.4, -0.2) is 44.7 Å². The summed E-state index contributed by atoms with van der Waals surface area (Å²) >= 11 is 0. The highest BCUT2D eigenvalue weighted by molar-refractivity contribution is 5.96. The first-order valence-electron chi connectivity index (χ1n) is 8.65. The van der Waals surface area contributed by atoms with E-state index < -0.39 is 12.1 Å². The fourth-order valence-corrected chi connectivity index (χ4v) is 3.24. The Labute approximate surface area is 147 Å². The molecule has 0 unspecified atom stereocenters. The Balaban J connectivity index is 2.10. The predicted molar refractivity (Wildman–Crippen MR) is 91.8 cm³/mol. The topological polar surface area (TPSA) is 88.9 Å². The van der Waals surface area contributed by atoms with Gasteiger partial charge in [0, 0.05) is 25.5 Å². The van der Waals surface area contributed by atoms with Crippen molar-refractivity contribution in [1.82, 2.24) is 10.6 Å². The van der Waals surface area contributed by atoms with E-state index in [9.17, 15) is 14.4 Å². The van der Waals surface area contributed by atoms with Crippen LogP contribution in [0.25, 0.3) is 0 Å². The minimum Gasteiger partial charge on any atom is -0.466 e. The van der Waals surface area contributed by atoms with Crippen molar-refractivity contribution in [2.45, 2.75) is 25.8 Å². The lowest BCUT2D eigenvalue weighted by molar-refractivity contribution is -0.927. The molecule has 1 heterocycles. The number of nitrogens with one attached hydrogen (secondary N) is 3. The van der Waals surface area contributed by atoms with Gasteiger partial charge in [0.25, 0.3) is 5.91 Å². The number of carbonyl (C=O) groups is 3. The molecule has 3 N–H and O–H groups in total. The Morgan fingerprint density at radius 1 is 1.20 bits per heavy atom. The smallest absolute Gasteiger partial charge is 0.321 e. The van der Waals surface area contributed by atoms with E-state index in [2.05, 4.69) is 10.6 Å². The Morgan fingerprint density at radius 3 is 2.40 bits per heavy atom. The molecular formula is C18H26N3O4+. The summed E-state index contributed by atoms with van der Waals surface area (Å²) in [6.07, 6.45) is 1.34. The molecule has 0 radical (unpaired) electrons. The summed E-state index contributed by atoms with van der Waals surface area (Å²) in [5.41, 5.74) is 0.855. The molecule has 3 amide bonds. The van der Waals surface area contributed by atoms with E-state index in [0.717, 1.165) is 10.5 Å². The summed E-state index contributed by atoms with van der Waals surface area (Å²) in [4.78, 5) is 37.1. The monoisotopic (exact) mass is 348 g/mol. The molecule has 1 fully saturated rings. The molecular weight excluding hydrogens is 322 g/mol. The largest absolute Gasteiger partial charge is 0.466 e. The lowest BCUT2D eigenvalue weighted by Gasteiger charge is -2.33. The quantitative estimate of drug-likeness (QED) is 0.656. The van der Waals surface area contributed by atoms with Crippen LogP contribution in [0.1, 0.15) is 31.4 Å². The SMILES string of the molecule is CCOC(=O)C1CC[NH+]([C@@H](C(=O)NC(=O)NC)c2ccccc2)CC1. The summed E-state index contributed by atoms with van der Waals surface area (Å²) in [7, 11) is 1.47. The van der Waals surface area contributed by atoms with E-state index >= 15 is 0 Å². The van der Waals surface area contributed by atoms with Crippen molar-refractivity contribution in [3.63, 3.8) is 0 Å². The normalized spacial score (nSPS) is 21.0. The average Bonchev–Trinajstić information content (AvgIpc) is 2.63. The van der Waals surface area contributed by atoms with E-state index in [-0.39, 0.29) is 17.8 Å². The molecule has 1 aliphatic heterocycles. The van der Waals surface area contributed by atoms with Crippen LogP contribution in [0.15, 0.2) is 30.3 Å². The zero-order valence-electron chi connectivity index (χ0n) is 14.7. The molecule has 1 atom stereocenters. The summed E-state index contributed by atoms with van der Waals surface area (Å²) in [6.45, 7) is 3.52. The van der Waals surface area contributed by atoms with Gasteiger partial charge in [0.15, 0.2) is 6.04 Å². The standard InChI is InChI=1S/C18H25N3O4/c1-3-25-17(23)14-9-11-21(12-10-14)15(13-7-5-4-6-8-13)16(22)20-18(24)19-2/h4-8,14-15H,3,9-12H2,1-2H3,(H2,19,20,22,24)/p+1/t15-/m1/s1. The molecule has 0 aliphatic carbocycles. The first-order chi connectivity index (χ1) is 12.1. The maximum atomic E-state index is 12.6. The van der Waals surface area contributed by atoms with Gasteiger partial charge in [-0.25, -0.2) is 4.79 Å². The highest BCUT2D eigenvalue weighted by Gasteiger charge is 2.37. The van der Waals surface area contributed by atoms with Crippen molar-refractivity contribution in [3.05, 3.63) is 35.9 Å². The number of benzene rings is 1. The Bertz CT molecular complexity index is 598. The molecule has 25 heavy (non-hydrogen) atoms. The molecule has 1 saturated heterocycles. The van der Waals surface area contributed by atoms with Crippen molar-refractivity contribution in [1.29, 1.82) is 0 Å². The fourth-order valence-electron chi connectivity index (χ4n) is 3.24. The number of quaternary nitrogens is 1. The van der Waals surface area contributed by atoms with Crippen LogP contribution in [0.2, 0.25) is 0 Å². The number of esters is 1. The Morgan fingerprint density at radius 2 is 1.84 bits per heavy atom. The van der Waals surface area contributed by atoms with E-state index in [1.54, 1.807) is 6.92 Å². The molecule has 0 bridgehead atoms. The van der Waals surface area contributed by atoms with E-state index in [0.29, 0.717) is 32.5 Å². The molecule has 0 saturated carbocycles. The van der Waals surface area contributed by atoms with Crippen LogP contribution >= 0.6 is 0 Å². The zero-order valence-corrected chi connectivity index (χ0v) is 14.7. The number of imide groups is 1. The maximum absolute atomic E-state index is 12.6. The number of urea groups is 1. The minimum atomic E-state index is -0.522. The highest BCUT2D eigenvalue weighted by atomic mass is 16.5. The van der Waals surface area contributed by atoms with Crippen LogP contribution in [0.3, 0.4) is 0 Å². The van der Waals surface area contributed by atoms with Gasteiger partial charge in [-0.1, -0.05) is 30.3 Å². The fraction of sp³-hybridized carbons (Fsp3) is 0.500. The number of rotatable bonds is 5. The van der Waals surface area contributed by atoms with E-state index in [4.69, 9.17) is 4.74 Å². The first-order valence-corrected chi connectivity index (χ1v) is 8.65. The number of amides is 3. The molecule has 2 rings (SSSR count). The third-order valence-corrected chi connectivity index (χ3v) is 4.51. The van der Waals surface area contributed by atoms with E-state index in [1.165, 1.54) is 7.05 Å². The van der Waals surface area contributed by atoms with Crippen molar-refractivity contribution in [2.75, 3.05) is 26.7 Å². The number of piperidine rings is 1. The van der Waals surface area contributed by atoms with Gasteiger partial charge in [-0.05, 0) is 6.92 Å². The van der Waals surface area contributed by atoms with Crippen LogP contribution < -0.4 is 15.5 Å². The summed E-state index contributed by atoms with van der Waals surface area (Å²) < 4.78 is 5.10. The van der Waals surface area contributed by atoms with Gasteiger partial charge < -0.3 is 15.0 Å². The van der Waals surface area contributed by atoms with Gasteiger partial charge in [0.1, 0.15) is 0 Å². The summed E-state index contributed by atoms with van der Waals surface area (Å²) in [6, 6.07) is 8.41. The molecule has 1 aromatic rings. The van der Waals surface area contributed by atoms with Crippen LogP contribution in [0, 0.1) is 5.92 Å². The molecule has 0 aromatic heterocycles. The molecule has 7 nitrogen and oxygen atoms in total. The summed E-state index contributed by atoms with van der Waals surface area (Å²) in [5.74, 6) is -0.607. The number of ether oxygens (including phenoxy) is 1. The zero-order chi connectivity index (χ0) is 18.2. The van der Waals surface area contributed by atoms with Gasteiger partial charge in [-0.3, -0.25) is 14.9 Å². The van der Waals surface area contributed by atoms with Gasteiger partial charge in [0.05, 0.1) is 25.6 Å². The van der Waals surface area contributed by atoms with E-state index in [1.807, 2.05) is 30.3 Å². The number of likely N-dealkylation sites (tertiary alicyclic amines) is 1. The van der Waals surface area contributed by atoms with Crippen molar-refractivity contribution >= 4 is 17.9 Å². The second-order valence-electron chi connectivity index (χ2n) is 6.10. The molecule has 1 aliphatic rings. The highest BCUT2D eigenvalue weighted by Crippen LogP contribution is 2.16. The van der Waals surface area contributed by atoms with Crippen LogP contribution in [-0.2, 0) is 14.3 Å². The molecule has 1 aromatic carbocycles. The number of hydrogen-bond acceptors (Lipinski definition) is 4. The van der Waals surface area contributed by atoms with Crippen LogP contribution in [0.4, 0.5) is 4.79 Å². The lowest BCUT2D eigenvalue weighted by Crippen LogP contribution is -3.14. The van der Waals surface area contributed by atoms with Gasteiger partial charge in [-0.15, -0.1) is 0 Å². The third kappa shape index (κ3) is 5.03. The van der Waals surface area contributed by atoms with Gasteiger partial charge >= 0.3 is 12.0 Å². The lowest BCUT2D eigenvalue weighted by atomic mass is 9.94.